The molecule has 2 atom stereocenters. The van der Waals surface area contributed by atoms with E-state index in [1.54, 1.807) is 26.4 Å². The van der Waals surface area contributed by atoms with Gasteiger partial charge in [0, 0.05) is 6.07 Å². The van der Waals surface area contributed by atoms with Gasteiger partial charge in [0.15, 0.2) is 0 Å². The monoisotopic (exact) mass is 288 g/mol. The highest BCUT2D eigenvalue weighted by Crippen LogP contribution is 2.33. The second-order valence-corrected chi connectivity index (χ2v) is 4.79. The summed E-state index contributed by atoms with van der Waals surface area (Å²) in [6.07, 6.45) is 0.129. The molecule has 0 saturated heterocycles. The van der Waals surface area contributed by atoms with Crippen LogP contribution in [0, 0.1) is 0 Å². The maximum absolute atomic E-state index is 9.78. The van der Waals surface area contributed by atoms with Gasteiger partial charge in [0.05, 0.1) is 31.5 Å². The zero-order valence-electron chi connectivity index (χ0n) is 11.5. The van der Waals surface area contributed by atoms with Gasteiger partial charge in [-0.2, -0.15) is 0 Å². The third-order valence-corrected chi connectivity index (χ3v) is 3.42. The molecule has 4 nitrogen and oxygen atoms in total. The Balaban J connectivity index is 2.82. The SMILES string of the molecule is CCC(O)C(O)CCc1cc(OC)c(Cl)cc1OC. The average molecular weight is 289 g/mol. The van der Waals surface area contributed by atoms with Crippen molar-refractivity contribution in [2.24, 2.45) is 0 Å². The van der Waals surface area contributed by atoms with Crippen LogP contribution in [0.5, 0.6) is 11.5 Å². The van der Waals surface area contributed by atoms with Gasteiger partial charge in [0.2, 0.25) is 0 Å². The van der Waals surface area contributed by atoms with Crippen LogP contribution in [0.1, 0.15) is 25.3 Å². The Morgan fingerprint density at radius 2 is 1.74 bits per heavy atom. The van der Waals surface area contributed by atoms with Crippen LogP contribution in [0.15, 0.2) is 12.1 Å². The van der Waals surface area contributed by atoms with Gasteiger partial charge in [0.25, 0.3) is 0 Å². The number of rotatable bonds is 7. The van der Waals surface area contributed by atoms with Gasteiger partial charge in [-0.25, -0.2) is 0 Å². The van der Waals surface area contributed by atoms with Gasteiger partial charge < -0.3 is 19.7 Å². The fourth-order valence-electron chi connectivity index (χ4n) is 1.89. The Morgan fingerprint density at radius 3 is 2.26 bits per heavy atom. The highest BCUT2D eigenvalue weighted by molar-refractivity contribution is 6.32. The number of aryl methyl sites for hydroxylation is 1. The number of benzene rings is 1. The Bertz CT molecular complexity index is 409. The lowest BCUT2D eigenvalue weighted by Gasteiger charge is -2.17. The Labute approximate surface area is 118 Å². The molecule has 2 N–H and O–H groups in total. The van der Waals surface area contributed by atoms with Crippen molar-refractivity contribution in [1.82, 2.24) is 0 Å². The molecule has 0 saturated carbocycles. The molecule has 108 valence electrons. The zero-order chi connectivity index (χ0) is 14.4. The predicted octanol–water partition coefficient (Wildman–Crippen LogP) is 2.42. The number of aliphatic hydroxyl groups excluding tert-OH is 2. The summed E-state index contributed by atoms with van der Waals surface area (Å²) in [7, 11) is 3.12. The van der Waals surface area contributed by atoms with Crippen LogP contribution in [-0.4, -0.2) is 36.6 Å². The number of methoxy groups -OCH3 is 2. The first-order valence-corrected chi connectivity index (χ1v) is 6.67. The van der Waals surface area contributed by atoms with E-state index < -0.39 is 12.2 Å². The number of halogens is 1. The third-order valence-electron chi connectivity index (χ3n) is 3.13. The molecular formula is C14H21ClO4. The first-order chi connectivity index (χ1) is 9.03. The first kappa shape index (κ1) is 16.1. The van der Waals surface area contributed by atoms with E-state index >= 15 is 0 Å². The fourth-order valence-corrected chi connectivity index (χ4v) is 2.12. The summed E-state index contributed by atoms with van der Waals surface area (Å²) in [6, 6.07) is 3.49. The number of hydrogen-bond donors (Lipinski definition) is 2. The third kappa shape index (κ3) is 4.27. The van der Waals surface area contributed by atoms with Gasteiger partial charge in [-0.15, -0.1) is 0 Å². The molecule has 0 aliphatic carbocycles. The van der Waals surface area contributed by atoms with Crippen LogP contribution >= 0.6 is 11.6 Å². The predicted molar refractivity (Wildman–Crippen MR) is 75.2 cm³/mol. The van der Waals surface area contributed by atoms with Crippen molar-refractivity contribution >= 4 is 11.6 Å². The Hall–Kier alpha value is -0.970. The van der Waals surface area contributed by atoms with Crippen molar-refractivity contribution in [2.75, 3.05) is 14.2 Å². The van der Waals surface area contributed by atoms with Crippen LogP contribution < -0.4 is 9.47 Å². The highest BCUT2D eigenvalue weighted by Gasteiger charge is 2.16. The van der Waals surface area contributed by atoms with Crippen molar-refractivity contribution in [2.45, 2.75) is 38.4 Å². The molecule has 0 aromatic heterocycles. The largest absolute Gasteiger partial charge is 0.496 e. The molecule has 0 aliphatic rings. The molecule has 0 radical (unpaired) electrons. The fraction of sp³-hybridized carbons (Fsp3) is 0.571. The first-order valence-electron chi connectivity index (χ1n) is 6.30. The van der Waals surface area contributed by atoms with E-state index in [-0.39, 0.29) is 0 Å². The summed E-state index contributed by atoms with van der Waals surface area (Å²) >= 11 is 6.02. The van der Waals surface area contributed by atoms with Gasteiger partial charge in [-0.1, -0.05) is 18.5 Å². The van der Waals surface area contributed by atoms with Crippen molar-refractivity contribution in [3.63, 3.8) is 0 Å². The smallest absolute Gasteiger partial charge is 0.137 e. The molecule has 0 fully saturated rings. The molecule has 0 amide bonds. The van der Waals surface area contributed by atoms with Crippen molar-refractivity contribution in [3.05, 3.63) is 22.7 Å². The molecule has 1 aromatic rings. The second kappa shape index (κ2) is 7.58. The van der Waals surface area contributed by atoms with Crippen molar-refractivity contribution in [1.29, 1.82) is 0 Å². The van der Waals surface area contributed by atoms with E-state index in [2.05, 4.69) is 0 Å². The van der Waals surface area contributed by atoms with Gasteiger partial charge in [0.1, 0.15) is 11.5 Å². The molecule has 0 spiro atoms. The van der Waals surface area contributed by atoms with Crippen LogP contribution in [0.2, 0.25) is 5.02 Å². The standard InChI is InChI=1S/C14H21ClO4/c1-4-11(16)12(17)6-5-9-7-14(19-3)10(15)8-13(9)18-2/h7-8,11-12,16-17H,4-6H2,1-3H3. The molecule has 1 aromatic carbocycles. The lowest BCUT2D eigenvalue weighted by Crippen LogP contribution is -2.25. The van der Waals surface area contributed by atoms with Gasteiger partial charge in [-0.3, -0.25) is 0 Å². The summed E-state index contributed by atoms with van der Waals surface area (Å²) < 4.78 is 10.4. The lowest BCUT2D eigenvalue weighted by molar-refractivity contribution is 0.0130. The van der Waals surface area contributed by atoms with Crippen LogP contribution in [0.25, 0.3) is 0 Å². The quantitative estimate of drug-likeness (QED) is 0.809. The summed E-state index contributed by atoms with van der Waals surface area (Å²) in [5.74, 6) is 1.23. The highest BCUT2D eigenvalue weighted by atomic mass is 35.5. The van der Waals surface area contributed by atoms with E-state index in [4.69, 9.17) is 21.1 Å². The Morgan fingerprint density at radius 1 is 1.11 bits per heavy atom. The summed E-state index contributed by atoms with van der Waals surface area (Å²) in [4.78, 5) is 0. The molecule has 0 bridgehead atoms. The van der Waals surface area contributed by atoms with E-state index in [0.29, 0.717) is 35.8 Å². The molecule has 2 unspecified atom stereocenters. The molecule has 0 heterocycles. The zero-order valence-corrected chi connectivity index (χ0v) is 12.3. The van der Waals surface area contributed by atoms with Crippen molar-refractivity contribution < 1.29 is 19.7 Å². The lowest BCUT2D eigenvalue weighted by atomic mass is 10.0. The maximum atomic E-state index is 9.78. The summed E-state index contributed by atoms with van der Waals surface area (Å²) in [5.41, 5.74) is 0.895. The van der Waals surface area contributed by atoms with E-state index in [1.165, 1.54) is 0 Å². The average Bonchev–Trinajstić information content (AvgIpc) is 2.44. The van der Waals surface area contributed by atoms with Gasteiger partial charge >= 0.3 is 0 Å². The topological polar surface area (TPSA) is 58.9 Å². The Kier molecular flexibility index (Phi) is 6.42. The van der Waals surface area contributed by atoms with E-state index in [1.807, 2.05) is 6.92 Å². The summed E-state index contributed by atoms with van der Waals surface area (Å²) in [5, 5.41) is 19.8. The molecular weight excluding hydrogens is 268 g/mol. The molecule has 1 rings (SSSR count). The van der Waals surface area contributed by atoms with Crippen molar-refractivity contribution in [3.8, 4) is 11.5 Å². The van der Waals surface area contributed by atoms with Crippen LogP contribution in [0.4, 0.5) is 0 Å². The number of hydrogen-bond acceptors (Lipinski definition) is 4. The molecule has 0 aliphatic heterocycles. The molecule has 5 heteroatoms. The maximum Gasteiger partial charge on any atom is 0.137 e. The van der Waals surface area contributed by atoms with E-state index in [9.17, 15) is 10.2 Å². The van der Waals surface area contributed by atoms with E-state index in [0.717, 1.165) is 5.56 Å². The van der Waals surface area contributed by atoms with Gasteiger partial charge in [-0.05, 0) is 30.9 Å². The minimum atomic E-state index is -0.739. The minimum Gasteiger partial charge on any atom is -0.496 e. The summed E-state index contributed by atoms with van der Waals surface area (Å²) in [6.45, 7) is 1.83. The normalized spacial score (nSPS) is 14.0. The number of ether oxygens (including phenoxy) is 2. The second-order valence-electron chi connectivity index (χ2n) is 4.38. The van der Waals surface area contributed by atoms with Crippen LogP contribution in [0.3, 0.4) is 0 Å². The molecule has 19 heavy (non-hydrogen) atoms. The van der Waals surface area contributed by atoms with Crippen LogP contribution in [-0.2, 0) is 6.42 Å². The minimum absolute atomic E-state index is 0.455. The number of aliphatic hydroxyl groups is 2.